The number of rotatable bonds is 5. The summed E-state index contributed by atoms with van der Waals surface area (Å²) in [7, 11) is 0. The second-order valence-electron chi connectivity index (χ2n) is 8.24. The number of hydrogen-bond acceptors (Lipinski definition) is 5. The van der Waals surface area contributed by atoms with E-state index < -0.39 is 11.7 Å². The number of nitrogens with one attached hydrogen (secondary N) is 1. The maximum atomic E-state index is 13.3. The summed E-state index contributed by atoms with van der Waals surface area (Å²) in [6.45, 7) is 3.59. The number of amides is 1. The second-order valence-corrected chi connectivity index (χ2v) is 8.24. The molecule has 2 aliphatic rings. The number of alkyl halides is 3. The molecule has 1 amide bonds. The molecule has 1 unspecified atom stereocenters. The van der Waals surface area contributed by atoms with Crippen molar-refractivity contribution in [2.75, 3.05) is 49.8 Å². The van der Waals surface area contributed by atoms with E-state index in [0.29, 0.717) is 57.1 Å². The molecule has 0 aliphatic carbocycles. The summed E-state index contributed by atoms with van der Waals surface area (Å²) < 4.78 is 43.7. The van der Waals surface area contributed by atoms with Crippen molar-refractivity contribution in [3.63, 3.8) is 0 Å². The van der Waals surface area contributed by atoms with Gasteiger partial charge in [0.15, 0.2) is 0 Å². The van der Waals surface area contributed by atoms with E-state index in [2.05, 4.69) is 4.90 Å². The second kappa shape index (κ2) is 9.38. The van der Waals surface area contributed by atoms with E-state index in [1.165, 1.54) is 12.1 Å². The van der Waals surface area contributed by atoms with Crippen molar-refractivity contribution in [1.82, 2.24) is 4.90 Å². The monoisotopic (exact) mass is 448 g/mol. The molecule has 6 nitrogen and oxygen atoms in total. The largest absolute Gasteiger partial charge is 0.761 e. The molecule has 172 valence electrons. The van der Waals surface area contributed by atoms with Gasteiger partial charge in [-0.2, -0.15) is 13.2 Å². The molecule has 2 fully saturated rings. The first kappa shape index (κ1) is 22.4. The molecule has 2 aromatic carbocycles. The maximum absolute atomic E-state index is 13.3. The van der Waals surface area contributed by atoms with Gasteiger partial charge in [-0.1, -0.05) is 12.1 Å². The number of carbonyl (C=O) groups is 1. The molecule has 1 N–H and O–H groups in total. The van der Waals surface area contributed by atoms with Crippen LogP contribution in [0.4, 0.5) is 24.5 Å². The molecule has 9 heteroatoms. The number of nitrogens with zero attached hydrogens (tertiary/aromatic N) is 2. The van der Waals surface area contributed by atoms with Crippen LogP contribution in [0.2, 0.25) is 0 Å². The first-order valence-corrected chi connectivity index (χ1v) is 10.7. The highest BCUT2D eigenvalue weighted by molar-refractivity contribution is 6.01. The number of anilines is 2. The van der Waals surface area contributed by atoms with E-state index in [4.69, 9.17) is 4.74 Å². The number of carbonyl (C=O) groups excluding carboxylic acids is 1. The Morgan fingerprint density at radius 3 is 2.47 bits per heavy atom. The summed E-state index contributed by atoms with van der Waals surface area (Å²) in [6.07, 6.45) is -2.96. The molecule has 1 atom stereocenters. The zero-order chi connectivity index (χ0) is 22.7. The lowest BCUT2D eigenvalue weighted by Crippen LogP contribution is -2.38. The summed E-state index contributed by atoms with van der Waals surface area (Å²) >= 11 is 0. The van der Waals surface area contributed by atoms with Crippen LogP contribution in [-0.2, 0) is 17.3 Å². The van der Waals surface area contributed by atoms with Crippen LogP contribution in [-0.4, -0.2) is 50.2 Å². The number of morpholine rings is 1. The molecule has 2 heterocycles. The number of ether oxygens (including phenoxy) is 1. The van der Waals surface area contributed by atoms with Gasteiger partial charge in [-0.05, 0) is 54.7 Å². The third kappa shape index (κ3) is 4.99. The zero-order valence-corrected chi connectivity index (χ0v) is 17.5. The fourth-order valence-corrected chi connectivity index (χ4v) is 4.37. The smallest absolute Gasteiger partial charge is 0.416 e. The van der Waals surface area contributed by atoms with Gasteiger partial charge in [0.25, 0.3) is 5.91 Å². The van der Waals surface area contributed by atoms with Crippen molar-refractivity contribution in [2.45, 2.75) is 19.0 Å². The highest BCUT2D eigenvalue weighted by Gasteiger charge is 2.31. The Hall–Kier alpha value is -2.78. The van der Waals surface area contributed by atoms with Crippen molar-refractivity contribution < 1.29 is 22.7 Å². The Kier molecular flexibility index (Phi) is 6.57. The molecule has 2 saturated heterocycles. The molecular weight excluding hydrogens is 423 g/mol. The van der Waals surface area contributed by atoms with Crippen molar-refractivity contribution in [3.05, 3.63) is 64.4 Å². The molecule has 2 aliphatic heterocycles. The van der Waals surface area contributed by atoms with Gasteiger partial charge >= 0.3 is 6.18 Å². The lowest BCUT2D eigenvalue weighted by atomic mass is 9.98. The third-order valence-electron chi connectivity index (χ3n) is 6.08. The number of hydrogen-bond donors (Lipinski definition) is 1. The molecule has 0 bridgehead atoms. The third-order valence-corrected chi connectivity index (χ3v) is 6.08. The number of likely N-dealkylation sites (tertiary alicyclic amines) is 1. The average molecular weight is 448 g/mol. The van der Waals surface area contributed by atoms with Gasteiger partial charge in [0.1, 0.15) is 0 Å². The van der Waals surface area contributed by atoms with E-state index in [0.717, 1.165) is 29.8 Å². The van der Waals surface area contributed by atoms with Gasteiger partial charge in [-0.3, -0.25) is 4.79 Å². The molecule has 0 radical (unpaired) electrons. The summed E-state index contributed by atoms with van der Waals surface area (Å²) in [5, 5.41) is 11.2. The Balaban J connectivity index is 1.45. The normalized spacial score (nSPS) is 19.3. The van der Waals surface area contributed by atoms with Crippen molar-refractivity contribution >= 4 is 17.3 Å². The van der Waals surface area contributed by atoms with Crippen LogP contribution in [0.5, 0.6) is 0 Å². The Morgan fingerprint density at radius 1 is 1.09 bits per heavy atom. The van der Waals surface area contributed by atoms with Gasteiger partial charge in [-0.25, -0.2) is 0 Å². The highest BCUT2D eigenvalue weighted by Crippen LogP contribution is 2.31. The summed E-state index contributed by atoms with van der Waals surface area (Å²) in [5.41, 5.74) is 3.60. The first-order chi connectivity index (χ1) is 15.3. The van der Waals surface area contributed by atoms with Gasteiger partial charge < -0.3 is 25.2 Å². The molecule has 4 rings (SSSR count). The standard InChI is InChI=1S/C23H25F3N3O3/c24-23(25,26)18-3-1-16(2-4-18)13-17-7-8-29(15-17)22(30)20-14-19(27-31)5-6-21(20)28-9-11-32-12-10-28/h1-6,14,17,27H,7-13,15H2/q-1. The molecule has 32 heavy (non-hydrogen) atoms. The quantitative estimate of drug-likeness (QED) is 0.696. The van der Waals surface area contributed by atoms with E-state index in [1.807, 2.05) is 5.48 Å². The predicted molar refractivity (Wildman–Crippen MR) is 116 cm³/mol. The van der Waals surface area contributed by atoms with E-state index in [9.17, 15) is 23.2 Å². The van der Waals surface area contributed by atoms with Crippen LogP contribution in [0.15, 0.2) is 42.5 Å². The van der Waals surface area contributed by atoms with Crippen LogP contribution in [0.25, 0.3) is 0 Å². The van der Waals surface area contributed by atoms with Gasteiger partial charge in [-0.15, -0.1) is 0 Å². The van der Waals surface area contributed by atoms with Crippen molar-refractivity contribution in [2.24, 2.45) is 5.92 Å². The molecule has 0 aromatic heterocycles. The van der Waals surface area contributed by atoms with Gasteiger partial charge in [0, 0.05) is 37.6 Å². The fraction of sp³-hybridized carbons (Fsp3) is 0.435. The van der Waals surface area contributed by atoms with Gasteiger partial charge in [0.05, 0.1) is 24.3 Å². The number of benzene rings is 2. The highest BCUT2D eigenvalue weighted by atomic mass is 19.4. The molecular formula is C23H25F3N3O3-. The summed E-state index contributed by atoms with van der Waals surface area (Å²) in [6, 6.07) is 10.2. The topological polar surface area (TPSA) is 67.9 Å². The summed E-state index contributed by atoms with van der Waals surface area (Å²) in [5.74, 6) is 0.0295. The van der Waals surface area contributed by atoms with Crippen LogP contribution in [0.3, 0.4) is 0 Å². The lowest BCUT2D eigenvalue weighted by Gasteiger charge is -2.31. The lowest BCUT2D eigenvalue weighted by molar-refractivity contribution is -0.137. The van der Waals surface area contributed by atoms with Crippen LogP contribution < -0.4 is 10.4 Å². The van der Waals surface area contributed by atoms with E-state index >= 15 is 0 Å². The zero-order valence-electron chi connectivity index (χ0n) is 17.5. The van der Waals surface area contributed by atoms with Crippen molar-refractivity contribution in [1.29, 1.82) is 0 Å². The first-order valence-electron chi connectivity index (χ1n) is 10.7. The number of halogens is 3. The maximum Gasteiger partial charge on any atom is 0.416 e. The van der Waals surface area contributed by atoms with E-state index in [1.54, 1.807) is 23.1 Å². The minimum absolute atomic E-state index is 0.140. The van der Waals surface area contributed by atoms with E-state index in [-0.39, 0.29) is 11.8 Å². The van der Waals surface area contributed by atoms with Gasteiger partial charge in [0.2, 0.25) is 0 Å². The average Bonchev–Trinajstić information content (AvgIpc) is 3.27. The molecule has 2 aromatic rings. The van der Waals surface area contributed by atoms with Crippen LogP contribution in [0.1, 0.15) is 27.9 Å². The van der Waals surface area contributed by atoms with Crippen LogP contribution >= 0.6 is 0 Å². The fourth-order valence-electron chi connectivity index (χ4n) is 4.37. The van der Waals surface area contributed by atoms with Crippen LogP contribution in [0, 0.1) is 11.1 Å². The molecule has 0 spiro atoms. The minimum atomic E-state index is -4.35. The van der Waals surface area contributed by atoms with Crippen molar-refractivity contribution in [3.8, 4) is 0 Å². The Morgan fingerprint density at radius 2 is 1.81 bits per heavy atom. The SMILES string of the molecule is O=C(c1cc(N[O-])ccc1N1CCOCC1)N1CCC(Cc2ccc(C(F)(F)F)cc2)C1. The summed E-state index contributed by atoms with van der Waals surface area (Å²) in [4.78, 5) is 17.2. The predicted octanol–water partition coefficient (Wildman–Crippen LogP) is 4.16. The Bertz CT molecular complexity index is 944. The molecule has 0 saturated carbocycles. The minimum Gasteiger partial charge on any atom is -0.761 e. The Labute approximate surface area is 184 Å².